The zero-order valence-corrected chi connectivity index (χ0v) is 16.4. The Morgan fingerprint density at radius 3 is 2.56 bits per heavy atom. The van der Waals surface area contributed by atoms with Gasteiger partial charge in [0.2, 0.25) is 0 Å². The van der Waals surface area contributed by atoms with Crippen LogP contribution in [0, 0.1) is 11.8 Å². The molecule has 0 aromatic heterocycles. The number of hydrogen-bond acceptors (Lipinski definition) is 3. The quantitative estimate of drug-likeness (QED) is 0.765. The summed E-state index contributed by atoms with van der Waals surface area (Å²) in [6.45, 7) is 4.62. The fourth-order valence-electron chi connectivity index (χ4n) is 4.24. The molecule has 3 nitrogen and oxygen atoms in total. The van der Waals surface area contributed by atoms with E-state index < -0.39 is 6.10 Å². The number of aliphatic hydroxyl groups is 1. The predicted octanol–water partition coefficient (Wildman–Crippen LogP) is 3.84. The summed E-state index contributed by atoms with van der Waals surface area (Å²) in [7, 11) is 0. The molecule has 0 radical (unpaired) electrons. The van der Waals surface area contributed by atoms with E-state index in [2.05, 4.69) is 17.0 Å². The Labute approximate surface area is 162 Å². The predicted molar refractivity (Wildman–Crippen MR) is 109 cm³/mol. The molecule has 0 saturated carbocycles. The van der Waals surface area contributed by atoms with Crippen molar-refractivity contribution in [3.05, 3.63) is 59.4 Å². The van der Waals surface area contributed by atoms with Gasteiger partial charge in [0.15, 0.2) is 0 Å². The van der Waals surface area contributed by atoms with Gasteiger partial charge in [-0.2, -0.15) is 0 Å². The lowest BCUT2D eigenvalue weighted by Gasteiger charge is -2.35. The van der Waals surface area contributed by atoms with E-state index in [0.29, 0.717) is 18.9 Å². The maximum atomic E-state index is 13.5. The summed E-state index contributed by atoms with van der Waals surface area (Å²) in [4.78, 5) is 2.34. The number of nitrogens with two attached hydrogens (primary N) is 1. The van der Waals surface area contributed by atoms with E-state index in [1.165, 1.54) is 11.1 Å². The first-order valence-corrected chi connectivity index (χ1v) is 10.3. The van der Waals surface area contributed by atoms with Gasteiger partial charge < -0.3 is 15.7 Å². The molecule has 1 fully saturated rings. The van der Waals surface area contributed by atoms with Crippen molar-refractivity contribution < 1.29 is 9.50 Å². The number of nitrogens with zero attached hydrogens (tertiary/aromatic N) is 1. The zero-order chi connectivity index (χ0) is 19.2. The molecule has 148 valence electrons. The Bertz CT molecular complexity index is 650. The summed E-state index contributed by atoms with van der Waals surface area (Å²) < 4.78 is 13.5. The van der Waals surface area contributed by atoms with Gasteiger partial charge in [-0.25, -0.2) is 4.39 Å². The third-order valence-corrected chi connectivity index (χ3v) is 6.03. The number of halogens is 1. The fourth-order valence-corrected chi connectivity index (χ4v) is 4.24. The highest BCUT2D eigenvalue weighted by Crippen LogP contribution is 2.32. The summed E-state index contributed by atoms with van der Waals surface area (Å²) in [5.41, 5.74) is 8.77. The van der Waals surface area contributed by atoms with Crippen molar-refractivity contribution in [3.8, 4) is 0 Å². The van der Waals surface area contributed by atoms with Gasteiger partial charge in [-0.15, -0.1) is 0 Å². The van der Waals surface area contributed by atoms with Gasteiger partial charge >= 0.3 is 0 Å². The highest BCUT2D eigenvalue weighted by Gasteiger charge is 2.25. The van der Waals surface area contributed by atoms with Crippen molar-refractivity contribution in [2.45, 2.75) is 51.2 Å². The Morgan fingerprint density at radius 1 is 1.19 bits per heavy atom. The first-order valence-electron chi connectivity index (χ1n) is 10.3. The van der Waals surface area contributed by atoms with Gasteiger partial charge in [0, 0.05) is 18.5 Å². The van der Waals surface area contributed by atoms with Crippen molar-refractivity contribution in [1.29, 1.82) is 0 Å². The maximum absolute atomic E-state index is 13.5. The Balaban J connectivity index is 1.40. The van der Waals surface area contributed by atoms with Crippen LogP contribution in [0.5, 0.6) is 0 Å². The zero-order valence-electron chi connectivity index (χ0n) is 16.4. The van der Waals surface area contributed by atoms with E-state index >= 15 is 0 Å². The second-order valence-corrected chi connectivity index (χ2v) is 8.35. The molecule has 27 heavy (non-hydrogen) atoms. The average Bonchev–Trinajstić information content (AvgIpc) is 2.67. The van der Waals surface area contributed by atoms with Crippen LogP contribution < -0.4 is 5.73 Å². The molecule has 3 rings (SSSR count). The number of rotatable bonds is 7. The van der Waals surface area contributed by atoms with Gasteiger partial charge in [-0.05, 0) is 62.8 Å². The number of β-amino-alcohol motifs (C(OH)–C–C–N with tert-alkyl or cyclic N) is 1. The lowest BCUT2D eigenvalue weighted by molar-refractivity contribution is 0.0724. The molecule has 0 bridgehead atoms. The topological polar surface area (TPSA) is 49.5 Å². The molecule has 4 heteroatoms. The molecule has 1 aromatic rings. The molecule has 1 saturated heterocycles. The molecule has 0 spiro atoms. The third kappa shape index (κ3) is 6.00. The lowest BCUT2D eigenvalue weighted by atomic mass is 9.84. The lowest BCUT2D eigenvalue weighted by Crippen LogP contribution is -2.46. The summed E-state index contributed by atoms with van der Waals surface area (Å²) in [5.74, 6) is 0.713. The maximum Gasteiger partial charge on any atom is 0.103 e. The normalized spacial score (nSPS) is 24.2. The minimum atomic E-state index is -0.503. The average molecular weight is 373 g/mol. The van der Waals surface area contributed by atoms with E-state index in [4.69, 9.17) is 5.73 Å². The van der Waals surface area contributed by atoms with E-state index in [9.17, 15) is 9.50 Å². The van der Waals surface area contributed by atoms with Crippen LogP contribution in [-0.2, 0) is 6.42 Å². The Hall–Kier alpha value is -1.49. The third-order valence-electron chi connectivity index (χ3n) is 6.03. The second-order valence-electron chi connectivity index (χ2n) is 8.35. The van der Waals surface area contributed by atoms with Crippen molar-refractivity contribution >= 4 is 0 Å². The molecule has 1 aliphatic carbocycles. The molecule has 1 aromatic carbocycles. The molecule has 1 aliphatic heterocycles. The second kappa shape index (κ2) is 9.63. The summed E-state index contributed by atoms with van der Waals surface area (Å²) in [6, 6.07) is 9.88. The molecule has 2 aliphatic rings. The van der Waals surface area contributed by atoms with E-state index in [1.54, 1.807) is 6.08 Å². The van der Waals surface area contributed by atoms with Gasteiger partial charge in [0.25, 0.3) is 0 Å². The van der Waals surface area contributed by atoms with Crippen LogP contribution in [-0.4, -0.2) is 41.8 Å². The number of benzene rings is 1. The van der Waals surface area contributed by atoms with Gasteiger partial charge in [-0.1, -0.05) is 48.9 Å². The van der Waals surface area contributed by atoms with Gasteiger partial charge in [0.1, 0.15) is 5.83 Å². The molecule has 3 unspecified atom stereocenters. The van der Waals surface area contributed by atoms with Crippen molar-refractivity contribution in [2.24, 2.45) is 17.6 Å². The van der Waals surface area contributed by atoms with Crippen LogP contribution in [0.4, 0.5) is 4.39 Å². The van der Waals surface area contributed by atoms with Crippen LogP contribution in [0.25, 0.3) is 0 Å². The number of piperidine rings is 1. The van der Waals surface area contributed by atoms with Crippen molar-refractivity contribution in [1.82, 2.24) is 4.90 Å². The summed E-state index contributed by atoms with van der Waals surface area (Å²) in [6.07, 6.45) is 8.04. The van der Waals surface area contributed by atoms with Crippen molar-refractivity contribution in [3.63, 3.8) is 0 Å². The minimum Gasteiger partial charge on any atom is -0.390 e. The largest absolute Gasteiger partial charge is 0.390 e. The highest BCUT2D eigenvalue weighted by atomic mass is 19.1. The van der Waals surface area contributed by atoms with Gasteiger partial charge in [-0.3, -0.25) is 0 Å². The monoisotopic (exact) mass is 372 g/mol. The smallest absolute Gasteiger partial charge is 0.103 e. The van der Waals surface area contributed by atoms with Crippen LogP contribution in [0.1, 0.15) is 38.2 Å². The van der Waals surface area contributed by atoms with Gasteiger partial charge in [0.05, 0.1) is 6.10 Å². The number of hydrogen-bond donors (Lipinski definition) is 2. The van der Waals surface area contributed by atoms with Crippen LogP contribution in [0.3, 0.4) is 0 Å². The SMILES string of the molecule is CC1CC(CC2CCN(CC(O)C(N)Cc3ccccc3)CC2)=CC=C1F. The van der Waals surface area contributed by atoms with Crippen LogP contribution >= 0.6 is 0 Å². The molecule has 0 amide bonds. The fraction of sp³-hybridized carbons (Fsp3) is 0.565. The van der Waals surface area contributed by atoms with E-state index in [-0.39, 0.29) is 17.8 Å². The molecular formula is C23H33FN2O. The molecular weight excluding hydrogens is 339 g/mol. The summed E-state index contributed by atoms with van der Waals surface area (Å²) in [5, 5.41) is 10.5. The minimum absolute atomic E-state index is 0.00870. The first-order chi connectivity index (χ1) is 13.0. The summed E-state index contributed by atoms with van der Waals surface area (Å²) >= 11 is 0. The Kier molecular flexibility index (Phi) is 7.22. The molecule has 3 atom stereocenters. The van der Waals surface area contributed by atoms with Crippen molar-refractivity contribution in [2.75, 3.05) is 19.6 Å². The molecule has 3 N–H and O–H groups in total. The van der Waals surface area contributed by atoms with E-state index in [0.717, 1.165) is 38.8 Å². The first kappa shape index (κ1) is 20.2. The van der Waals surface area contributed by atoms with Crippen LogP contribution in [0.15, 0.2) is 53.9 Å². The molecule has 1 heterocycles. The number of allylic oxidation sites excluding steroid dienone is 4. The number of likely N-dealkylation sites (tertiary alicyclic amines) is 1. The highest BCUT2D eigenvalue weighted by molar-refractivity contribution is 5.23. The van der Waals surface area contributed by atoms with E-state index in [1.807, 2.05) is 31.2 Å². The Morgan fingerprint density at radius 2 is 1.89 bits per heavy atom. The standard InChI is InChI=1S/C23H33FN2O/c1-17-13-20(7-8-21(17)24)14-19-9-11-26(12-10-19)16-23(27)22(25)15-18-5-3-2-4-6-18/h2-8,17,19,22-23,27H,9-16,25H2,1H3. The number of aliphatic hydroxyl groups excluding tert-OH is 1. The van der Waals surface area contributed by atoms with Crippen LogP contribution in [0.2, 0.25) is 0 Å².